The van der Waals surface area contributed by atoms with E-state index in [9.17, 15) is 9.90 Å². The molecule has 1 aliphatic rings. The SMILES string of the molecule is CC[C@H](Cl)C(=O)N1CCC[C@H]([C@@H](C)O)C1. The Hall–Kier alpha value is -0.280. The Balaban J connectivity index is 2.52. The number of hydrogen-bond donors (Lipinski definition) is 1. The average molecular weight is 234 g/mol. The van der Waals surface area contributed by atoms with Gasteiger partial charge in [-0.25, -0.2) is 0 Å². The maximum atomic E-state index is 11.8. The summed E-state index contributed by atoms with van der Waals surface area (Å²) in [5.41, 5.74) is 0. The van der Waals surface area contributed by atoms with E-state index >= 15 is 0 Å². The van der Waals surface area contributed by atoms with Crippen molar-refractivity contribution >= 4 is 17.5 Å². The molecule has 15 heavy (non-hydrogen) atoms. The van der Waals surface area contributed by atoms with Crippen LogP contribution in [0.1, 0.15) is 33.1 Å². The van der Waals surface area contributed by atoms with Crippen LogP contribution in [0.5, 0.6) is 0 Å². The van der Waals surface area contributed by atoms with Gasteiger partial charge in [-0.2, -0.15) is 0 Å². The minimum Gasteiger partial charge on any atom is -0.393 e. The van der Waals surface area contributed by atoms with Crippen LogP contribution in [0.4, 0.5) is 0 Å². The topological polar surface area (TPSA) is 40.5 Å². The fourth-order valence-corrected chi connectivity index (χ4v) is 2.11. The number of halogens is 1. The lowest BCUT2D eigenvalue weighted by Gasteiger charge is -2.35. The molecule has 0 saturated carbocycles. The van der Waals surface area contributed by atoms with E-state index in [1.807, 2.05) is 6.92 Å². The van der Waals surface area contributed by atoms with Gasteiger partial charge in [0.25, 0.3) is 0 Å². The Labute approximate surface area is 96.4 Å². The number of piperidine rings is 1. The lowest BCUT2D eigenvalue weighted by atomic mass is 9.93. The van der Waals surface area contributed by atoms with E-state index in [4.69, 9.17) is 11.6 Å². The molecule has 1 amide bonds. The molecule has 1 rings (SSSR count). The highest BCUT2D eigenvalue weighted by molar-refractivity contribution is 6.30. The molecule has 4 heteroatoms. The quantitative estimate of drug-likeness (QED) is 0.753. The van der Waals surface area contributed by atoms with Gasteiger partial charge >= 0.3 is 0 Å². The van der Waals surface area contributed by atoms with E-state index in [1.54, 1.807) is 11.8 Å². The number of carbonyl (C=O) groups excluding carboxylic acids is 1. The maximum absolute atomic E-state index is 11.8. The zero-order valence-electron chi connectivity index (χ0n) is 9.45. The van der Waals surface area contributed by atoms with Gasteiger partial charge in [0.2, 0.25) is 5.91 Å². The standard InChI is InChI=1S/C11H20ClNO2/c1-3-10(12)11(15)13-6-4-5-9(7-13)8(2)14/h8-10,14H,3-7H2,1-2H3/t8-,9+,10+/m1/s1. The summed E-state index contributed by atoms with van der Waals surface area (Å²) in [6.45, 7) is 5.13. The number of hydrogen-bond acceptors (Lipinski definition) is 2. The Morgan fingerprint density at radius 1 is 1.67 bits per heavy atom. The van der Waals surface area contributed by atoms with E-state index in [1.165, 1.54) is 0 Å². The van der Waals surface area contributed by atoms with Crippen LogP contribution >= 0.6 is 11.6 Å². The zero-order valence-corrected chi connectivity index (χ0v) is 10.2. The van der Waals surface area contributed by atoms with Crippen molar-refractivity contribution in [2.75, 3.05) is 13.1 Å². The third-order valence-electron chi connectivity index (χ3n) is 3.08. The maximum Gasteiger partial charge on any atom is 0.240 e. The molecule has 0 aromatic carbocycles. The fraction of sp³-hybridized carbons (Fsp3) is 0.909. The van der Waals surface area contributed by atoms with Gasteiger partial charge in [-0.05, 0) is 26.2 Å². The van der Waals surface area contributed by atoms with Gasteiger partial charge in [-0.3, -0.25) is 4.79 Å². The molecule has 0 aliphatic carbocycles. The highest BCUT2D eigenvalue weighted by Crippen LogP contribution is 2.21. The first-order valence-electron chi connectivity index (χ1n) is 5.67. The van der Waals surface area contributed by atoms with Gasteiger partial charge in [-0.15, -0.1) is 11.6 Å². The normalized spacial score (nSPS) is 26.1. The number of aliphatic hydroxyl groups excluding tert-OH is 1. The summed E-state index contributed by atoms with van der Waals surface area (Å²) < 4.78 is 0. The van der Waals surface area contributed by atoms with Crippen LogP contribution in [0.25, 0.3) is 0 Å². The number of nitrogens with zero attached hydrogens (tertiary/aromatic N) is 1. The molecule has 0 radical (unpaired) electrons. The Morgan fingerprint density at radius 2 is 2.33 bits per heavy atom. The second-order valence-corrected chi connectivity index (χ2v) is 4.83. The van der Waals surface area contributed by atoms with Crippen molar-refractivity contribution in [3.8, 4) is 0 Å². The molecule has 0 aromatic rings. The Bertz CT molecular complexity index is 221. The van der Waals surface area contributed by atoms with Crippen molar-refractivity contribution < 1.29 is 9.90 Å². The summed E-state index contributed by atoms with van der Waals surface area (Å²) in [6, 6.07) is 0. The number of amides is 1. The van der Waals surface area contributed by atoms with Crippen LogP contribution in [-0.4, -0.2) is 40.5 Å². The minimum absolute atomic E-state index is 0.0181. The van der Waals surface area contributed by atoms with E-state index in [-0.39, 0.29) is 17.9 Å². The predicted octanol–water partition coefficient (Wildman–Crippen LogP) is 1.62. The molecule has 1 fully saturated rings. The van der Waals surface area contributed by atoms with Crippen LogP contribution in [0.3, 0.4) is 0 Å². The third kappa shape index (κ3) is 3.35. The molecule has 3 nitrogen and oxygen atoms in total. The van der Waals surface area contributed by atoms with E-state index in [0.29, 0.717) is 13.0 Å². The summed E-state index contributed by atoms with van der Waals surface area (Å²) in [6.07, 6.45) is 2.29. The lowest BCUT2D eigenvalue weighted by Crippen LogP contribution is -2.45. The van der Waals surface area contributed by atoms with E-state index in [0.717, 1.165) is 19.4 Å². The minimum atomic E-state index is -0.405. The van der Waals surface area contributed by atoms with Crippen molar-refractivity contribution in [1.82, 2.24) is 4.90 Å². The number of alkyl halides is 1. The Kier molecular flexibility index (Phi) is 4.87. The molecule has 88 valence electrons. The molecule has 1 N–H and O–H groups in total. The van der Waals surface area contributed by atoms with Crippen molar-refractivity contribution in [2.45, 2.75) is 44.6 Å². The molecular weight excluding hydrogens is 214 g/mol. The Morgan fingerprint density at radius 3 is 2.87 bits per heavy atom. The molecular formula is C11H20ClNO2. The van der Waals surface area contributed by atoms with Crippen molar-refractivity contribution in [3.05, 3.63) is 0 Å². The summed E-state index contributed by atoms with van der Waals surface area (Å²) in [7, 11) is 0. The number of aliphatic hydroxyl groups is 1. The van der Waals surface area contributed by atoms with E-state index < -0.39 is 5.38 Å². The third-order valence-corrected chi connectivity index (χ3v) is 3.57. The summed E-state index contributed by atoms with van der Waals surface area (Å²) in [4.78, 5) is 13.6. The van der Waals surface area contributed by atoms with Crippen LogP contribution in [0.15, 0.2) is 0 Å². The molecule has 0 unspecified atom stereocenters. The smallest absolute Gasteiger partial charge is 0.240 e. The number of likely N-dealkylation sites (tertiary alicyclic amines) is 1. The van der Waals surface area contributed by atoms with Crippen LogP contribution in [0.2, 0.25) is 0 Å². The molecule has 0 aromatic heterocycles. The molecule has 0 spiro atoms. The number of carbonyl (C=O) groups is 1. The second-order valence-electron chi connectivity index (χ2n) is 4.30. The summed E-state index contributed by atoms with van der Waals surface area (Å²) in [5, 5.41) is 9.10. The highest BCUT2D eigenvalue weighted by Gasteiger charge is 2.28. The lowest BCUT2D eigenvalue weighted by molar-refractivity contribution is -0.133. The van der Waals surface area contributed by atoms with Gasteiger partial charge in [0, 0.05) is 19.0 Å². The highest BCUT2D eigenvalue weighted by atomic mass is 35.5. The molecule has 1 aliphatic heterocycles. The van der Waals surface area contributed by atoms with Crippen molar-refractivity contribution in [2.24, 2.45) is 5.92 Å². The van der Waals surface area contributed by atoms with Gasteiger partial charge in [0.1, 0.15) is 5.38 Å². The monoisotopic (exact) mass is 233 g/mol. The first-order valence-corrected chi connectivity index (χ1v) is 6.10. The second kappa shape index (κ2) is 5.71. The largest absolute Gasteiger partial charge is 0.393 e. The first kappa shape index (κ1) is 12.8. The fourth-order valence-electron chi connectivity index (χ4n) is 1.98. The van der Waals surface area contributed by atoms with Gasteiger partial charge < -0.3 is 10.0 Å². The first-order chi connectivity index (χ1) is 7.06. The predicted molar refractivity (Wildman–Crippen MR) is 60.9 cm³/mol. The van der Waals surface area contributed by atoms with Gasteiger partial charge in [0.15, 0.2) is 0 Å². The number of rotatable bonds is 3. The van der Waals surface area contributed by atoms with Gasteiger partial charge in [0.05, 0.1) is 6.10 Å². The van der Waals surface area contributed by atoms with Crippen LogP contribution in [-0.2, 0) is 4.79 Å². The van der Waals surface area contributed by atoms with Crippen LogP contribution in [0, 0.1) is 5.92 Å². The van der Waals surface area contributed by atoms with E-state index in [2.05, 4.69) is 0 Å². The molecule has 1 saturated heterocycles. The summed E-state index contributed by atoms with van der Waals surface area (Å²) >= 11 is 5.92. The van der Waals surface area contributed by atoms with Crippen molar-refractivity contribution in [1.29, 1.82) is 0 Å². The molecule has 1 heterocycles. The van der Waals surface area contributed by atoms with Gasteiger partial charge in [-0.1, -0.05) is 6.92 Å². The molecule has 3 atom stereocenters. The molecule has 0 bridgehead atoms. The van der Waals surface area contributed by atoms with Crippen LogP contribution < -0.4 is 0 Å². The zero-order chi connectivity index (χ0) is 11.4. The van der Waals surface area contributed by atoms with Crippen molar-refractivity contribution in [3.63, 3.8) is 0 Å². The average Bonchev–Trinajstić information content (AvgIpc) is 2.27. The summed E-state index contributed by atoms with van der Waals surface area (Å²) in [5.74, 6) is 0.230.